The molecule has 0 radical (unpaired) electrons. The Balaban J connectivity index is 0.000000567. The van der Waals surface area contributed by atoms with E-state index in [4.69, 9.17) is 15.3 Å². The van der Waals surface area contributed by atoms with E-state index >= 15 is 0 Å². The summed E-state index contributed by atoms with van der Waals surface area (Å²) in [7, 11) is 0. The van der Waals surface area contributed by atoms with Crippen molar-refractivity contribution in [3.05, 3.63) is 30.3 Å². The Bertz CT molecular complexity index is 322. The Morgan fingerprint density at radius 1 is 0.810 bits per heavy atom. The summed E-state index contributed by atoms with van der Waals surface area (Å²) in [6.45, 7) is -2.51. The highest BCUT2D eigenvalue weighted by atomic mass is 16.7. The molecule has 0 bridgehead atoms. The molecular formula is C6H14N6O9. The van der Waals surface area contributed by atoms with E-state index in [1.807, 2.05) is 0 Å². The van der Waals surface area contributed by atoms with Crippen LogP contribution in [0.25, 0.3) is 0 Å². The van der Waals surface area contributed by atoms with Crippen molar-refractivity contribution in [2.24, 2.45) is 0 Å². The molecule has 15 heteroatoms. The zero-order valence-corrected chi connectivity index (χ0v) is 10.6. The normalized spacial score (nSPS) is 14.6. The van der Waals surface area contributed by atoms with Gasteiger partial charge in [-0.05, 0) is 0 Å². The maximum atomic E-state index is 10.3. The molecule has 0 aliphatic carbocycles. The van der Waals surface area contributed by atoms with Gasteiger partial charge in [-0.25, -0.2) is 30.3 Å². The molecule has 15 nitrogen and oxygen atoms in total. The number of hydrazine groups is 3. The first kappa shape index (κ1) is 18.5. The lowest BCUT2D eigenvalue weighted by Gasteiger charge is -2.27. The molecule has 0 saturated carbocycles. The van der Waals surface area contributed by atoms with Crippen LogP contribution in [0.3, 0.4) is 0 Å². The summed E-state index contributed by atoms with van der Waals surface area (Å²) in [4.78, 5) is 31.0. The fourth-order valence-corrected chi connectivity index (χ4v) is 1.07. The molecule has 0 spiro atoms. The van der Waals surface area contributed by atoms with Gasteiger partial charge in [0.1, 0.15) is 6.10 Å². The van der Waals surface area contributed by atoms with Crippen molar-refractivity contribution in [2.75, 3.05) is 33.2 Å². The highest BCUT2D eigenvalue weighted by Gasteiger charge is 2.39. The second-order valence-electron chi connectivity index (χ2n) is 3.68. The minimum absolute atomic E-state index is 0.365. The second kappa shape index (κ2) is 8.61. The number of hydrogen-bond donors (Lipinski definition) is 3. The third-order valence-corrected chi connectivity index (χ3v) is 2.09. The predicted octanol–water partition coefficient (Wildman–Crippen LogP) is -3.31. The maximum absolute atomic E-state index is 10.3. The zero-order chi connectivity index (χ0) is 16.6. The van der Waals surface area contributed by atoms with Crippen LogP contribution >= 0.6 is 0 Å². The van der Waals surface area contributed by atoms with Crippen molar-refractivity contribution in [2.45, 2.75) is 6.10 Å². The molecule has 0 aromatic rings. The van der Waals surface area contributed by atoms with E-state index in [0.29, 0.717) is 15.0 Å². The molecular weight excluding hydrogens is 300 g/mol. The third-order valence-electron chi connectivity index (χ3n) is 2.09. The minimum Gasteiger partial charge on any atom is -0.394 e. The molecule has 0 amide bonds. The van der Waals surface area contributed by atoms with Crippen molar-refractivity contribution < 1.29 is 30.4 Å². The summed E-state index contributed by atoms with van der Waals surface area (Å²) >= 11 is 0. The van der Waals surface area contributed by atoms with E-state index in [9.17, 15) is 30.3 Å². The summed E-state index contributed by atoms with van der Waals surface area (Å²) in [6.07, 6.45) is -0.954. The van der Waals surface area contributed by atoms with E-state index < -0.39 is 41.2 Å². The quantitative estimate of drug-likeness (QED) is 0.337. The molecule has 1 heterocycles. The van der Waals surface area contributed by atoms with Crippen LogP contribution < -0.4 is 0 Å². The molecule has 1 fully saturated rings. The van der Waals surface area contributed by atoms with Crippen LogP contribution in [0.1, 0.15) is 0 Å². The van der Waals surface area contributed by atoms with Crippen LogP contribution in [0.5, 0.6) is 0 Å². The van der Waals surface area contributed by atoms with Gasteiger partial charge in [0.25, 0.3) is 0 Å². The van der Waals surface area contributed by atoms with Crippen molar-refractivity contribution in [1.29, 1.82) is 0 Å². The summed E-state index contributed by atoms with van der Waals surface area (Å²) in [5.41, 5.74) is 0. The predicted molar refractivity (Wildman–Crippen MR) is 61.3 cm³/mol. The highest BCUT2D eigenvalue weighted by Crippen LogP contribution is 2.06. The van der Waals surface area contributed by atoms with Crippen LogP contribution in [0, 0.1) is 30.3 Å². The van der Waals surface area contributed by atoms with Gasteiger partial charge >= 0.3 is 0 Å². The smallest absolute Gasteiger partial charge is 0.212 e. The van der Waals surface area contributed by atoms with Crippen LogP contribution in [-0.4, -0.2) is 84.8 Å². The number of aliphatic hydroxyl groups excluding tert-OH is 3. The first-order valence-corrected chi connectivity index (χ1v) is 5.30. The second-order valence-corrected chi connectivity index (χ2v) is 3.68. The van der Waals surface area contributed by atoms with E-state index in [0.717, 1.165) is 0 Å². The molecule has 0 aromatic carbocycles. The number of rotatable bonds is 5. The van der Waals surface area contributed by atoms with E-state index in [2.05, 4.69) is 0 Å². The van der Waals surface area contributed by atoms with Crippen molar-refractivity contribution in [1.82, 2.24) is 15.0 Å². The summed E-state index contributed by atoms with van der Waals surface area (Å²) in [5.74, 6) is 0. The van der Waals surface area contributed by atoms with Gasteiger partial charge in [-0.15, -0.1) is 0 Å². The van der Waals surface area contributed by atoms with Crippen molar-refractivity contribution >= 4 is 0 Å². The SMILES string of the molecule is O=[N+]([O-])N1CN([N+](=O)[O-])CN([N+](=O)[O-])C1.OCC(O)CO. The van der Waals surface area contributed by atoms with Crippen LogP contribution in [0.4, 0.5) is 0 Å². The van der Waals surface area contributed by atoms with Gasteiger partial charge in [-0.1, -0.05) is 15.0 Å². The topological polar surface area (TPSA) is 200 Å². The molecule has 1 aliphatic rings. The monoisotopic (exact) mass is 314 g/mol. The first-order chi connectivity index (χ1) is 9.72. The lowest BCUT2D eigenvalue weighted by molar-refractivity contribution is -0.775. The van der Waals surface area contributed by atoms with E-state index in [1.165, 1.54) is 0 Å². The zero-order valence-electron chi connectivity index (χ0n) is 10.6. The average Bonchev–Trinajstić information content (AvgIpc) is 2.46. The number of nitro groups is 3. The molecule has 21 heavy (non-hydrogen) atoms. The number of nitrogens with zero attached hydrogens (tertiary/aromatic N) is 6. The number of hydrogen-bond acceptors (Lipinski definition) is 9. The van der Waals surface area contributed by atoms with Gasteiger partial charge in [0, 0.05) is 0 Å². The maximum Gasteiger partial charge on any atom is 0.212 e. The Hall–Kier alpha value is -2.52. The summed E-state index contributed by atoms with van der Waals surface area (Å²) in [5, 5.41) is 53.3. The fraction of sp³-hybridized carbons (Fsp3) is 1.00. The van der Waals surface area contributed by atoms with Gasteiger partial charge in [0.05, 0.1) is 13.2 Å². The largest absolute Gasteiger partial charge is 0.394 e. The Morgan fingerprint density at radius 2 is 1.05 bits per heavy atom. The molecule has 3 N–H and O–H groups in total. The molecule has 1 aliphatic heterocycles. The highest BCUT2D eigenvalue weighted by molar-refractivity contribution is 4.50. The Labute approximate surface area is 116 Å². The Morgan fingerprint density at radius 3 is 1.14 bits per heavy atom. The fourth-order valence-electron chi connectivity index (χ4n) is 1.07. The third kappa shape index (κ3) is 6.45. The molecule has 122 valence electrons. The molecule has 1 rings (SSSR count). The standard InChI is InChI=1S/C3H6N6O6.C3H8O3/c10-7(11)4-1-5(8(12)13)3-6(2-4)9(14)15;4-1-3(6)2-5/h1-3H2;3-6H,1-2H2. The van der Waals surface area contributed by atoms with Gasteiger partial charge in [-0.2, -0.15) is 0 Å². The molecule has 0 aromatic heterocycles. The van der Waals surface area contributed by atoms with Crippen LogP contribution in [0.2, 0.25) is 0 Å². The average molecular weight is 314 g/mol. The lowest BCUT2D eigenvalue weighted by Crippen LogP contribution is -2.59. The van der Waals surface area contributed by atoms with E-state index in [1.54, 1.807) is 0 Å². The summed E-state index contributed by atoms with van der Waals surface area (Å²) in [6, 6.07) is 0. The van der Waals surface area contributed by atoms with Crippen LogP contribution in [-0.2, 0) is 0 Å². The summed E-state index contributed by atoms with van der Waals surface area (Å²) < 4.78 is 0. The molecule has 0 atom stereocenters. The number of aliphatic hydroxyl groups is 3. The van der Waals surface area contributed by atoms with Gasteiger partial charge < -0.3 is 15.3 Å². The van der Waals surface area contributed by atoms with Gasteiger partial charge in [-0.3, -0.25) is 0 Å². The molecule has 1 saturated heterocycles. The first-order valence-electron chi connectivity index (χ1n) is 5.30. The minimum atomic E-state index is -0.954. The van der Waals surface area contributed by atoms with Crippen LogP contribution in [0.15, 0.2) is 0 Å². The molecule has 0 unspecified atom stereocenters. The lowest BCUT2D eigenvalue weighted by atomic mass is 10.4. The van der Waals surface area contributed by atoms with Crippen molar-refractivity contribution in [3.63, 3.8) is 0 Å². The Kier molecular flexibility index (Phi) is 7.58. The van der Waals surface area contributed by atoms with Gasteiger partial charge in [0.15, 0.2) is 15.1 Å². The van der Waals surface area contributed by atoms with E-state index in [-0.39, 0.29) is 13.2 Å². The van der Waals surface area contributed by atoms with Gasteiger partial charge in [0.2, 0.25) is 20.0 Å². The van der Waals surface area contributed by atoms with Crippen molar-refractivity contribution in [3.8, 4) is 0 Å².